The molecule has 0 aromatic carbocycles. The van der Waals surface area contributed by atoms with E-state index < -0.39 is 0 Å². The van der Waals surface area contributed by atoms with E-state index in [1.807, 2.05) is 20.0 Å². The van der Waals surface area contributed by atoms with Crippen LogP contribution in [0.4, 0.5) is 0 Å². The molecule has 2 aromatic heterocycles. The van der Waals surface area contributed by atoms with Gasteiger partial charge in [0.15, 0.2) is 0 Å². The average Bonchev–Trinajstić information content (AvgIpc) is 2.96. The van der Waals surface area contributed by atoms with Crippen LogP contribution in [0.25, 0.3) is 11.3 Å². The third-order valence-corrected chi connectivity index (χ3v) is 4.03. The number of rotatable bonds is 2. The van der Waals surface area contributed by atoms with Gasteiger partial charge in [0.2, 0.25) is 0 Å². The van der Waals surface area contributed by atoms with E-state index in [4.69, 9.17) is 10.2 Å². The SMILES string of the molecule is Cc1cc(-c2cnc(C3CCCC(N)C3)[nH]2)c(C)o1. The maximum absolute atomic E-state index is 6.05. The van der Waals surface area contributed by atoms with Crippen LogP contribution in [0.1, 0.15) is 48.9 Å². The summed E-state index contributed by atoms with van der Waals surface area (Å²) >= 11 is 0. The number of H-pyrrole nitrogens is 1. The number of nitrogens with two attached hydrogens (primary N) is 1. The van der Waals surface area contributed by atoms with Gasteiger partial charge in [-0.1, -0.05) is 6.42 Å². The van der Waals surface area contributed by atoms with Crippen LogP contribution in [0.3, 0.4) is 0 Å². The minimum atomic E-state index is 0.324. The lowest BCUT2D eigenvalue weighted by atomic mass is 9.86. The topological polar surface area (TPSA) is 67.8 Å². The summed E-state index contributed by atoms with van der Waals surface area (Å²) in [4.78, 5) is 8.00. The summed E-state index contributed by atoms with van der Waals surface area (Å²) < 4.78 is 5.57. The Morgan fingerprint density at radius 1 is 1.37 bits per heavy atom. The maximum atomic E-state index is 6.05. The number of hydrogen-bond donors (Lipinski definition) is 2. The van der Waals surface area contributed by atoms with Gasteiger partial charge >= 0.3 is 0 Å². The molecular formula is C15H21N3O. The number of aryl methyl sites for hydroxylation is 2. The normalized spacial score (nSPS) is 23.7. The third kappa shape index (κ3) is 2.45. The van der Waals surface area contributed by atoms with Gasteiger partial charge < -0.3 is 15.1 Å². The Kier molecular flexibility index (Phi) is 3.19. The van der Waals surface area contributed by atoms with Crippen LogP contribution in [-0.4, -0.2) is 16.0 Å². The number of aromatic amines is 1. The smallest absolute Gasteiger partial charge is 0.110 e. The van der Waals surface area contributed by atoms with Gasteiger partial charge in [-0.05, 0) is 39.2 Å². The predicted molar refractivity (Wildman–Crippen MR) is 74.9 cm³/mol. The van der Waals surface area contributed by atoms with Crippen molar-refractivity contribution in [3.8, 4) is 11.3 Å². The fraction of sp³-hybridized carbons (Fsp3) is 0.533. The summed E-state index contributed by atoms with van der Waals surface area (Å²) in [6.07, 6.45) is 6.48. The van der Waals surface area contributed by atoms with Crippen LogP contribution >= 0.6 is 0 Å². The Balaban J connectivity index is 1.85. The quantitative estimate of drug-likeness (QED) is 0.869. The molecule has 0 spiro atoms. The Morgan fingerprint density at radius 3 is 2.89 bits per heavy atom. The number of nitrogens with zero attached hydrogens (tertiary/aromatic N) is 1. The Hall–Kier alpha value is -1.55. The summed E-state index contributed by atoms with van der Waals surface area (Å²) in [6.45, 7) is 3.95. The maximum Gasteiger partial charge on any atom is 0.110 e. The predicted octanol–water partition coefficient (Wildman–Crippen LogP) is 3.27. The summed E-state index contributed by atoms with van der Waals surface area (Å²) in [5.74, 6) is 3.42. The summed E-state index contributed by atoms with van der Waals surface area (Å²) in [5.41, 5.74) is 8.20. The van der Waals surface area contributed by atoms with Gasteiger partial charge in [0, 0.05) is 17.5 Å². The molecule has 2 heterocycles. The molecule has 1 aliphatic rings. The number of imidazole rings is 1. The third-order valence-electron chi connectivity index (χ3n) is 4.03. The molecule has 1 fully saturated rings. The summed E-state index contributed by atoms with van der Waals surface area (Å²) in [6, 6.07) is 2.38. The molecule has 2 unspecified atom stereocenters. The van der Waals surface area contributed by atoms with Gasteiger partial charge in [0.25, 0.3) is 0 Å². The highest BCUT2D eigenvalue weighted by atomic mass is 16.3. The highest BCUT2D eigenvalue weighted by molar-refractivity contribution is 5.61. The molecule has 3 N–H and O–H groups in total. The molecule has 102 valence electrons. The van der Waals surface area contributed by atoms with Gasteiger partial charge in [-0.15, -0.1) is 0 Å². The molecule has 2 atom stereocenters. The number of nitrogens with one attached hydrogen (secondary N) is 1. The van der Waals surface area contributed by atoms with Gasteiger partial charge in [-0.2, -0.15) is 0 Å². The first-order valence-electron chi connectivity index (χ1n) is 7.01. The van der Waals surface area contributed by atoms with Gasteiger partial charge in [-0.25, -0.2) is 4.98 Å². The van der Waals surface area contributed by atoms with E-state index >= 15 is 0 Å². The molecule has 0 radical (unpaired) electrons. The second-order valence-electron chi connectivity index (χ2n) is 5.63. The molecular weight excluding hydrogens is 238 g/mol. The fourth-order valence-corrected chi connectivity index (χ4v) is 3.06. The van der Waals surface area contributed by atoms with E-state index in [0.29, 0.717) is 12.0 Å². The summed E-state index contributed by atoms with van der Waals surface area (Å²) in [7, 11) is 0. The minimum Gasteiger partial charge on any atom is -0.466 e. The number of aromatic nitrogens is 2. The second-order valence-corrected chi connectivity index (χ2v) is 5.63. The lowest BCUT2D eigenvalue weighted by Gasteiger charge is -2.24. The molecule has 4 heteroatoms. The van der Waals surface area contributed by atoms with Crippen LogP contribution < -0.4 is 5.73 Å². The zero-order valence-corrected chi connectivity index (χ0v) is 11.6. The molecule has 0 aliphatic heterocycles. The molecule has 0 saturated heterocycles. The molecule has 19 heavy (non-hydrogen) atoms. The highest BCUT2D eigenvalue weighted by Gasteiger charge is 2.23. The van der Waals surface area contributed by atoms with Crippen molar-refractivity contribution < 1.29 is 4.42 Å². The van der Waals surface area contributed by atoms with E-state index in [-0.39, 0.29) is 0 Å². The fourth-order valence-electron chi connectivity index (χ4n) is 3.06. The van der Waals surface area contributed by atoms with E-state index in [2.05, 4.69) is 16.0 Å². The minimum absolute atomic E-state index is 0.324. The van der Waals surface area contributed by atoms with Crippen LogP contribution in [0, 0.1) is 13.8 Å². The Labute approximate surface area is 113 Å². The summed E-state index contributed by atoms with van der Waals surface area (Å²) in [5, 5.41) is 0. The zero-order chi connectivity index (χ0) is 13.4. The van der Waals surface area contributed by atoms with Crippen LogP contribution in [0.15, 0.2) is 16.7 Å². The van der Waals surface area contributed by atoms with Gasteiger partial charge in [0.05, 0.1) is 11.9 Å². The van der Waals surface area contributed by atoms with Crippen molar-refractivity contribution in [3.63, 3.8) is 0 Å². The monoisotopic (exact) mass is 259 g/mol. The average molecular weight is 259 g/mol. The van der Waals surface area contributed by atoms with Crippen molar-refractivity contribution in [3.05, 3.63) is 29.6 Å². The Bertz CT molecular complexity index is 570. The first-order valence-corrected chi connectivity index (χ1v) is 7.01. The van der Waals surface area contributed by atoms with Crippen LogP contribution in [0.2, 0.25) is 0 Å². The van der Waals surface area contributed by atoms with Crippen molar-refractivity contribution in [2.45, 2.75) is 51.5 Å². The van der Waals surface area contributed by atoms with Crippen molar-refractivity contribution in [1.29, 1.82) is 0 Å². The zero-order valence-electron chi connectivity index (χ0n) is 11.6. The second kappa shape index (κ2) is 4.85. The molecule has 1 aliphatic carbocycles. The number of hydrogen-bond acceptors (Lipinski definition) is 3. The van der Waals surface area contributed by atoms with Crippen molar-refractivity contribution >= 4 is 0 Å². The molecule has 4 nitrogen and oxygen atoms in total. The van der Waals surface area contributed by atoms with E-state index in [1.165, 1.54) is 12.8 Å². The molecule has 1 saturated carbocycles. The molecule has 0 amide bonds. The van der Waals surface area contributed by atoms with Gasteiger partial charge in [0.1, 0.15) is 17.3 Å². The lowest BCUT2D eigenvalue weighted by Crippen LogP contribution is -2.27. The highest BCUT2D eigenvalue weighted by Crippen LogP contribution is 2.32. The molecule has 2 aromatic rings. The number of furan rings is 1. The molecule has 3 rings (SSSR count). The van der Waals surface area contributed by atoms with Crippen molar-refractivity contribution in [2.75, 3.05) is 0 Å². The van der Waals surface area contributed by atoms with Crippen LogP contribution in [-0.2, 0) is 0 Å². The first-order chi connectivity index (χ1) is 9.13. The van der Waals surface area contributed by atoms with Crippen LogP contribution in [0.5, 0.6) is 0 Å². The van der Waals surface area contributed by atoms with E-state index in [9.17, 15) is 0 Å². The van der Waals surface area contributed by atoms with Crippen molar-refractivity contribution in [1.82, 2.24) is 9.97 Å². The lowest BCUT2D eigenvalue weighted by molar-refractivity contribution is 0.383. The first kappa shape index (κ1) is 12.5. The Morgan fingerprint density at radius 2 is 2.21 bits per heavy atom. The largest absolute Gasteiger partial charge is 0.466 e. The van der Waals surface area contributed by atoms with Gasteiger partial charge in [-0.3, -0.25) is 0 Å². The van der Waals surface area contributed by atoms with E-state index in [1.54, 1.807) is 0 Å². The standard InChI is InChI=1S/C15H21N3O/c1-9-6-13(10(2)19-9)14-8-17-15(18-14)11-4-3-5-12(16)7-11/h6,8,11-12H,3-5,7,16H2,1-2H3,(H,17,18). The molecule has 0 bridgehead atoms. The van der Waals surface area contributed by atoms with Crippen molar-refractivity contribution in [2.24, 2.45) is 5.73 Å². The van der Waals surface area contributed by atoms with E-state index in [0.717, 1.165) is 41.4 Å².